The zero-order valence-corrected chi connectivity index (χ0v) is 11.6. The van der Waals surface area contributed by atoms with E-state index in [1.54, 1.807) is 0 Å². The number of hydrogen-bond acceptors (Lipinski definition) is 4. The maximum absolute atomic E-state index is 11.8. The molecule has 4 heteroatoms. The van der Waals surface area contributed by atoms with Crippen LogP contribution in [0, 0.1) is 0 Å². The van der Waals surface area contributed by atoms with Crippen LogP contribution in [0.1, 0.15) is 64.2 Å². The van der Waals surface area contributed by atoms with E-state index in [9.17, 15) is 9.59 Å². The SMILES string of the molecule is O=C1CCCCCCOC(=O)C[C@H]2CCC[C@@H](C1)O2. The van der Waals surface area contributed by atoms with Gasteiger partial charge in [-0.3, -0.25) is 9.59 Å². The number of ketones is 1. The maximum Gasteiger partial charge on any atom is 0.308 e. The zero-order chi connectivity index (χ0) is 13.5. The zero-order valence-electron chi connectivity index (χ0n) is 11.6. The molecule has 2 fully saturated rings. The number of esters is 1. The van der Waals surface area contributed by atoms with E-state index < -0.39 is 0 Å². The van der Waals surface area contributed by atoms with Crippen molar-refractivity contribution in [3.05, 3.63) is 0 Å². The molecule has 2 atom stereocenters. The molecule has 2 aliphatic rings. The van der Waals surface area contributed by atoms with E-state index in [2.05, 4.69) is 0 Å². The number of rotatable bonds is 0. The fourth-order valence-corrected chi connectivity index (χ4v) is 2.85. The second-order valence-corrected chi connectivity index (χ2v) is 5.64. The number of cyclic esters (lactones) is 1. The summed E-state index contributed by atoms with van der Waals surface area (Å²) in [6, 6.07) is 0. The third-order valence-corrected chi connectivity index (χ3v) is 3.90. The normalized spacial score (nSPS) is 31.4. The maximum atomic E-state index is 11.8. The van der Waals surface area contributed by atoms with E-state index >= 15 is 0 Å². The summed E-state index contributed by atoms with van der Waals surface area (Å²) in [5.41, 5.74) is 0. The molecule has 0 N–H and O–H groups in total. The van der Waals surface area contributed by atoms with Crippen LogP contribution in [0.2, 0.25) is 0 Å². The third-order valence-electron chi connectivity index (χ3n) is 3.90. The molecule has 0 unspecified atom stereocenters. The molecule has 0 radical (unpaired) electrons. The highest BCUT2D eigenvalue weighted by Crippen LogP contribution is 2.24. The molecule has 2 bridgehead atoms. The van der Waals surface area contributed by atoms with Crippen LogP contribution in [-0.2, 0) is 19.1 Å². The average molecular weight is 268 g/mol. The fraction of sp³-hybridized carbons (Fsp3) is 0.867. The van der Waals surface area contributed by atoms with E-state index in [-0.39, 0.29) is 18.2 Å². The van der Waals surface area contributed by atoms with Crippen LogP contribution in [0.25, 0.3) is 0 Å². The van der Waals surface area contributed by atoms with Gasteiger partial charge in [0.05, 0.1) is 25.2 Å². The molecule has 2 aliphatic heterocycles. The number of ether oxygens (including phenoxy) is 2. The van der Waals surface area contributed by atoms with Gasteiger partial charge in [0.1, 0.15) is 5.78 Å². The quantitative estimate of drug-likeness (QED) is 0.634. The van der Waals surface area contributed by atoms with Gasteiger partial charge >= 0.3 is 5.97 Å². The second kappa shape index (κ2) is 7.63. The summed E-state index contributed by atoms with van der Waals surface area (Å²) in [5.74, 6) is 0.152. The molecule has 0 spiro atoms. The molecular weight excluding hydrogens is 244 g/mol. The lowest BCUT2D eigenvalue weighted by Gasteiger charge is -2.29. The Labute approximate surface area is 114 Å². The summed E-state index contributed by atoms with van der Waals surface area (Å²) in [7, 11) is 0. The van der Waals surface area contributed by atoms with Crippen molar-refractivity contribution < 1.29 is 19.1 Å². The Balaban J connectivity index is 1.89. The van der Waals surface area contributed by atoms with Crippen LogP contribution in [0.3, 0.4) is 0 Å². The first-order valence-corrected chi connectivity index (χ1v) is 7.57. The molecule has 2 saturated heterocycles. The van der Waals surface area contributed by atoms with Crippen molar-refractivity contribution in [1.29, 1.82) is 0 Å². The standard InChI is InChI=1S/C15H24O4/c16-12-6-3-1-2-4-9-18-15(17)11-14-8-5-7-13(10-12)19-14/h13-14H,1-11H2/t13-,14+/m0/s1. The van der Waals surface area contributed by atoms with Crippen LogP contribution in [0.4, 0.5) is 0 Å². The number of carbonyl (C=O) groups excluding carboxylic acids is 2. The first-order chi connectivity index (χ1) is 9.24. The predicted octanol–water partition coefficient (Wildman–Crippen LogP) is 2.78. The Morgan fingerprint density at radius 3 is 2.42 bits per heavy atom. The van der Waals surface area contributed by atoms with E-state index in [1.807, 2.05) is 0 Å². The molecule has 0 aromatic rings. The van der Waals surface area contributed by atoms with Gasteiger partial charge in [0, 0.05) is 12.8 Å². The van der Waals surface area contributed by atoms with E-state index in [0.717, 1.165) is 44.9 Å². The highest BCUT2D eigenvalue weighted by Gasteiger charge is 2.26. The van der Waals surface area contributed by atoms with E-state index in [4.69, 9.17) is 9.47 Å². The van der Waals surface area contributed by atoms with E-state index in [0.29, 0.717) is 31.7 Å². The topological polar surface area (TPSA) is 52.6 Å². The number of Topliss-reactive ketones (excluding diaryl/α,β-unsaturated/α-hetero) is 1. The number of hydrogen-bond donors (Lipinski definition) is 0. The fourth-order valence-electron chi connectivity index (χ4n) is 2.85. The summed E-state index contributed by atoms with van der Waals surface area (Å²) >= 11 is 0. The highest BCUT2D eigenvalue weighted by molar-refractivity contribution is 5.78. The van der Waals surface area contributed by atoms with Crippen molar-refractivity contribution in [3.63, 3.8) is 0 Å². The average Bonchev–Trinajstić information content (AvgIpc) is 2.37. The first kappa shape index (κ1) is 14.5. The molecule has 0 aromatic heterocycles. The Bertz CT molecular complexity index is 285. The van der Waals surface area contributed by atoms with Crippen LogP contribution in [0.5, 0.6) is 0 Å². The lowest BCUT2D eigenvalue weighted by atomic mass is 9.97. The molecule has 0 aliphatic carbocycles. The molecule has 19 heavy (non-hydrogen) atoms. The van der Waals surface area contributed by atoms with Gasteiger partial charge in [0.15, 0.2) is 0 Å². The van der Waals surface area contributed by atoms with Gasteiger partial charge in [0.25, 0.3) is 0 Å². The second-order valence-electron chi connectivity index (χ2n) is 5.64. The molecule has 4 nitrogen and oxygen atoms in total. The van der Waals surface area contributed by atoms with Crippen molar-refractivity contribution in [1.82, 2.24) is 0 Å². The summed E-state index contributed by atoms with van der Waals surface area (Å²) in [4.78, 5) is 23.5. The third kappa shape index (κ3) is 5.31. The van der Waals surface area contributed by atoms with Crippen molar-refractivity contribution in [2.75, 3.05) is 6.61 Å². The largest absolute Gasteiger partial charge is 0.466 e. The van der Waals surface area contributed by atoms with Gasteiger partial charge < -0.3 is 9.47 Å². The summed E-state index contributed by atoms with van der Waals surface area (Å²) in [5, 5.41) is 0. The number of carbonyl (C=O) groups is 2. The van der Waals surface area contributed by atoms with Crippen molar-refractivity contribution in [3.8, 4) is 0 Å². The van der Waals surface area contributed by atoms with Gasteiger partial charge in [0.2, 0.25) is 0 Å². The van der Waals surface area contributed by atoms with Crippen molar-refractivity contribution in [2.24, 2.45) is 0 Å². The van der Waals surface area contributed by atoms with Crippen LogP contribution >= 0.6 is 0 Å². The Morgan fingerprint density at radius 2 is 1.58 bits per heavy atom. The monoisotopic (exact) mass is 268 g/mol. The minimum absolute atomic E-state index is 0.0157. The molecule has 0 saturated carbocycles. The summed E-state index contributed by atoms with van der Waals surface area (Å²) in [6.45, 7) is 0.503. The molecule has 108 valence electrons. The van der Waals surface area contributed by atoms with Crippen LogP contribution < -0.4 is 0 Å². The molecule has 0 amide bonds. The van der Waals surface area contributed by atoms with Gasteiger partial charge in [-0.2, -0.15) is 0 Å². The minimum Gasteiger partial charge on any atom is -0.466 e. The Morgan fingerprint density at radius 1 is 0.842 bits per heavy atom. The molecular formula is C15H24O4. The molecule has 0 aromatic carbocycles. The van der Waals surface area contributed by atoms with Crippen molar-refractivity contribution in [2.45, 2.75) is 76.4 Å². The highest BCUT2D eigenvalue weighted by atomic mass is 16.5. The lowest BCUT2D eigenvalue weighted by Crippen LogP contribution is -2.31. The summed E-state index contributed by atoms with van der Waals surface area (Å²) < 4.78 is 11.1. The van der Waals surface area contributed by atoms with Gasteiger partial charge in [-0.15, -0.1) is 0 Å². The Kier molecular flexibility index (Phi) is 5.83. The van der Waals surface area contributed by atoms with Crippen LogP contribution in [0.15, 0.2) is 0 Å². The smallest absolute Gasteiger partial charge is 0.308 e. The molecule has 2 heterocycles. The van der Waals surface area contributed by atoms with Crippen LogP contribution in [-0.4, -0.2) is 30.6 Å². The van der Waals surface area contributed by atoms with E-state index in [1.165, 1.54) is 0 Å². The minimum atomic E-state index is -0.158. The van der Waals surface area contributed by atoms with Crippen molar-refractivity contribution >= 4 is 11.8 Å². The molecule has 2 rings (SSSR count). The first-order valence-electron chi connectivity index (χ1n) is 7.57. The van der Waals surface area contributed by atoms with Gasteiger partial charge in [-0.05, 0) is 32.1 Å². The van der Waals surface area contributed by atoms with Gasteiger partial charge in [-0.25, -0.2) is 0 Å². The lowest BCUT2D eigenvalue weighted by molar-refractivity contribution is -0.150. The Hall–Kier alpha value is -0.900. The predicted molar refractivity (Wildman–Crippen MR) is 70.8 cm³/mol. The number of fused-ring (bicyclic) bond motifs is 2. The summed E-state index contributed by atoms with van der Waals surface area (Å²) in [6.07, 6.45) is 8.29. The van der Waals surface area contributed by atoms with Gasteiger partial charge in [-0.1, -0.05) is 12.8 Å².